The average molecular weight is 371 g/mol. The molecule has 3 aromatic rings. The lowest BCUT2D eigenvalue weighted by Gasteiger charge is -2.11. The monoisotopic (exact) mass is 371 g/mol. The normalized spacial score (nSPS) is 11.6. The summed E-state index contributed by atoms with van der Waals surface area (Å²) in [4.78, 5) is 19.1. The molecule has 0 aliphatic rings. The third-order valence-electron chi connectivity index (χ3n) is 4.10. The first-order valence-electron chi connectivity index (χ1n) is 8.65. The van der Waals surface area contributed by atoms with Crippen LogP contribution >= 0.6 is 0 Å². The van der Waals surface area contributed by atoms with E-state index >= 15 is 0 Å². The number of H-pyrrole nitrogens is 1. The maximum Gasteiger partial charge on any atom is 0.239 e. The molecule has 0 fully saturated rings. The molecule has 1 amide bonds. The highest BCUT2D eigenvalue weighted by atomic mass is 19.1. The summed E-state index contributed by atoms with van der Waals surface area (Å²) in [5, 5.41) is 9.72. The highest BCUT2D eigenvalue weighted by Gasteiger charge is 2.07. The number of aliphatic imine (C=N–C) groups is 1. The predicted octanol–water partition coefficient (Wildman–Crippen LogP) is 1.92. The number of aromatic nitrogens is 1. The Labute approximate surface area is 156 Å². The number of nitrogens with one attached hydrogen (secondary N) is 4. The first-order chi connectivity index (χ1) is 13.2. The summed E-state index contributed by atoms with van der Waals surface area (Å²) in [5.41, 5.74) is 1.92. The molecule has 0 saturated heterocycles. The second-order valence-electron chi connectivity index (χ2n) is 5.96. The zero-order valence-corrected chi connectivity index (χ0v) is 15.0. The minimum atomic E-state index is -0.255. The molecule has 2 aromatic heterocycles. The fourth-order valence-electron chi connectivity index (χ4n) is 2.72. The highest BCUT2D eigenvalue weighted by molar-refractivity contribution is 5.86. The zero-order valence-electron chi connectivity index (χ0n) is 15.0. The van der Waals surface area contributed by atoms with E-state index in [0.717, 1.165) is 16.5 Å². The van der Waals surface area contributed by atoms with Crippen molar-refractivity contribution in [2.75, 3.05) is 20.1 Å². The Kier molecular flexibility index (Phi) is 6.09. The number of hydrogen-bond donors (Lipinski definition) is 4. The molecule has 0 aliphatic heterocycles. The number of amides is 1. The van der Waals surface area contributed by atoms with Gasteiger partial charge in [-0.25, -0.2) is 4.39 Å². The van der Waals surface area contributed by atoms with E-state index in [9.17, 15) is 9.18 Å². The molecule has 0 radical (unpaired) electrons. The minimum absolute atomic E-state index is 0.0959. The lowest BCUT2D eigenvalue weighted by molar-refractivity contribution is -0.120. The van der Waals surface area contributed by atoms with Gasteiger partial charge < -0.3 is 25.4 Å². The Hall–Kier alpha value is -3.29. The number of aromatic amines is 1. The van der Waals surface area contributed by atoms with Gasteiger partial charge in [-0.1, -0.05) is 0 Å². The second-order valence-corrected chi connectivity index (χ2v) is 5.96. The first-order valence-corrected chi connectivity index (χ1v) is 8.65. The molecular formula is C19H22FN5O2. The van der Waals surface area contributed by atoms with Crippen molar-refractivity contribution in [3.63, 3.8) is 0 Å². The van der Waals surface area contributed by atoms with Gasteiger partial charge in [-0.2, -0.15) is 0 Å². The van der Waals surface area contributed by atoms with Crippen molar-refractivity contribution in [3.05, 3.63) is 59.9 Å². The maximum absolute atomic E-state index is 13.4. The van der Waals surface area contributed by atoms with E-state index < -0.39 is 0 Å². The van der Waals surface area contributed by atoms with Crippen LogP contribution in [0.25, 0.3) is 10.9 Å². The number of hydrogen-bond acceptors (Lipinski definition) is 3. The Morgan fingerprint density at radius 1 is 1.26 bits per heavy atom. The van der Waals surface area contributed by atoms with Crippen LogP contribution in [0.15, 0.2) is 52.2 Å². The van der Waals surface area contributed by atoms with Gasteiger partial charge in [0.15, 0.2) is 5.96 Å². The van der Waals surface area contributed by atoms with Crippen molar-refractivity contribution in [1.82, 2.24) is 20.9 Å². The summed E-state index contributed by atoms with van der Waals surface area (Å²) in [6, 6.07) is 8.25. The SMILES string of the molecule is CN=C(NCCc1c[nH]c2ccc(F)cc12)NCC(=O)NCc1ccco1. The summed E-state index contributed by atoms with van der Waals surface area (Å²) in [6.07, 6.45) is 4.13. The predicted molar refractivity (Wildman–Crippen MR) is 102 cm³/mol. The minimum Gasteiger partial charge on any atom is -0.467 e. The number of fused-ring (bicyclic) bond motifs is 1. The van der Waals surface area contributed by atoms with E-state index in [0.29, 0.717) is 31.2 Å². The van der Waals surface area contributed by atoms with Crippen LogP contribution in [-0.2, 0) is 17.8 Å². The molecule has 0 aliphatic carbocycles. The Balaban J connectivity index is 1.42. The number of halogens is 1. The van der Waals surface area contributed by atoms with Crippen molar-refractivity contribution in [2.24, 2.45) is 4.99 Å². The van der Waals surface area contributed by atoms with Gasteiger partial charge in [0.2, 0.25) is 5.91 Å². The van der Waals surface area contributed by atoms with Crippen molar-refractivity contribution in [3.8, 4) is 0 Å². The van der Waals surface area contributed by atoms with Gasteiger partial charge in [-0.3, -0.25) is 9.79 Å². The van der Waals surface area contributed by atoms with Crippen LogP contribution in [0.1, 0.15) is 11.3 Å². The lowest BCUT2D eigenvalue weighted by Crippen LogP contribution is -2.43. The molecule has 0 bridgehead atoms. The van der Waals surface area contributed by atoms with Gasteiger partial charge in [-0.15, -0.1) is 0 Å². The second kappa shape index (κ2) is 8.88. The van der Waals surface area contributed by atoms with Gasteiger partial charge in [0, 0.05) is 30.7 Å². The largest absolute Gasteiger partial charge is 0.467 e. The van der Waals surface area contributed by atoms with Crippen LogP contribution in [0.4, 0.5) is 4.39 Å². The molecule has 0 spiro atoms. The number of rotatable bonds is 7. The van der Waals surface area contributed by atoms with Gasteiger partial charge in [0.05, 0.1) is 19.4 Å². The Morgan fingerprint density at radius 3 is 2.93 bits per heavy atom. The van der Waals surface area contributed by atoms with Crippen LogP contribution in [0.2, 0.25) is 0 Å². The quantitative estimate of drug-likeness (QED) is 0.377. The molecular weight excluding hydrogens is 349 g/mol. The number of benzene rings is 1. The zero-order chi connectivity index (χ0) is 19.1. The van der Waals surface area contributed by atoms with Crippen molar-refractivity contribution in [1.29, 1.82) is 0 Å². The third-order valence-corrected chi connectivity index (χ3v) is 4.10. The Morgan fingerprint density at radius 2 is 2.15 bits per heavy atom. The number of carbonyl (C=O) groups excluding carboxylic acids is 1. The summed E-state index contributed by atoms with van der Waals surface area (Å²) in [5.74, 6) is 0.797. The average Bonchev–Trinajstić information content (AvgIpc) is 3.32. The molecule has 0 unspecified atom stereocenters. The molecule has 8 heteroatoms. The summed E-state index contributed by atoms with van der Waals surface area (Å²) < 4.78 is 18.6. The molecule has 3 rings (SSSR count). The van der Waals surface area contributed by atoms with Crippen LogP contribution in [0.5, 0.6) is 0 Å². The molecule has 27 heavy (non-hydrogen) atoms. The molecule has 4 N–H and O–H groups in total. The number of furan rings is 1. The van der Waals surface area contributed by atoms with Crippen molar-refractivity contribution in [2.45, 2.75) is 13.0 Å². The molecule has 2 heterocycles. The third kappa shape index (κ3) is 5.10. The van der Waals surface area contributed by atoms with Crippen molar-refractivity contribution >= 4 is 22.8 Å². The van der Waals surface area contributed by atoms with Crippen LogP contribution in [0.3, 0.4) is 0 Å². The van der Waals surface area contributed by atoms with E-state index in [1.54, 1.807) is 31.5 Å². The van der Waals surface area contributed by atoms with Crippen LogP contribution in [0, 0.1) is 5.82 Å². The van der Waals surface area contributed by atoms with Gasteiger partial charge in [0.1, 0.15) is 11.6 Å². The fraction of sp³-hybridized carbons (Fsp3) is 0.263. The van der Waals surface area contributed by atoms with E-state index in [1.165, 1.54) is 12.1 Å². The van der Waals surface area contributed by atoms with Crippen LogP contribution < -0.4 is 16.0 Å². The summed E-state index contributed by atoms with van der Waals surface area (Å²) in [6.45, 7) is 1.03. The molecule has 142 valence electrons. The summed E-state index contributed by atoms with van der Waals surface area (Å²) in [7, 11) is 1.64. The fourth-order valence-corrected chi connectivity index (χ4v) is 2.72. The topological polar surface area (TPSA) is 94.5 Å². The van der Waals surface area contributed by atoms with Gasteiger partial charge >= 0.3 is 0 Å². The molecule has 7 nitrogen and oxygen atoms in total. The van der Waals surface area contributed by atoms with Crippen molar-refractivity contribution < 1.29 is 13.6 Å². The number of nitrogens with zero attached hydrogens (tertiary/aromatic N) is 1. The smallest absolute Gasteiger partial charge is 0.239 e. The van der Waals surface area contributed by atoms with Gasteiger partial charge in [-0.05, 0) is 42.3 Å². The standard InChI is InChI=1S/C19H22FN5O2/c1-21-19(25-12-18(26)24-11-15-3-2-8-27-15)22-7-6-13-10-23-17-5-4-14(20)9-16(13)17/h2-5,8-10,23H,6-7,11-12H2,1H3,(H,24,26)(H2,21,22,25). The van der Waals surface area contributed by atoms with E-state index in [1.807, 2.05) is 6.20 Å². The number of carbonyl (C=O) groups is 1. The lowest BCUT2D eigenvalue weighted by atomic mass is 10.1. The number of guanidine groups is 1. The molecule has 0 atom stereocenters. The van der Waals surface area contributed by atoms with E-state index in [4.69, 9.17) is 4.42 Å². The first kappa shape index (κ1) is 18.5. The molecule has 0 saturated carbocycles. The maximum atomic E-state index is 13.4. The molecule has 1 aromatic carbocycles. The summed E-state index contributed by atoms with van der Waals surface area (Å²) >= 11 is 0. The van der Waals surface area contributed by atoms with E-state index in [2.05, 4.69) is 25.9 Å². The van der Waals surface area contributed by atoms with E-state index in [-0.39, 0.29) is 18.3 Å². The van der Waals surface area contributed by atoms with Crippen LogP contribution in [-0.4, -0.2) is 37.0 Å². The Bertz CT molecular complexity index is 917. The van der Waals surface area contributed by atoms with Gasteiger partial charge in [0.25, 0.3) is 0 Å². The highest BCUT2D eigenvalue weighted by Crippen LogP contribution is 2.19.